The summed E-state index contributed by atoms with van der Waals surface area (Å²) in [6, 6.07) is 17.2. The molecule has 5 atom stereocenters. The Hall–Kier alpha value is -5.25. The van der Waals surface area contributed by atoms with E-state index in [1.165, 1.54) is 26.0 Å². The molecule has 4 aromatic rings. The van der Waals surface area contributed by atoms with Gasteiger partial charge >= 0.3 is 5.97 Å². The van der Waals surface area contributed by atoms with Crippen molar-refractivity contribution in [2.24, 2.45) is 11.5 Å². The van der Waals surface area contributed by atoms with E-state index in [-0.39, 0.29) is 56.9 Å². The molecule has 9 N–H and O–H groups in total. The number of rotatable bonds is 8. The van der Waals surface area contributed by atoms with Crippen molar-refractivity contribution in [1.29, 1.82) is 0 Å². The summed E-state index contributed by atoms with van der Waals surface area (Å²) in [5.41, 5.74) is 14.9. The summed E-state index contributed by atoms with van der Waals surface area (Å²) in [5.74, 6) is -2.96. The number of aromatic hydroxyl groups is 1. The van der Waals surface area contributed by atoms with Crippen LogP contribution in [0.3, 0.4) is 0 Å². The summed E-state index contributed by atoms with van der Waals surface area (Å²) in [6.45, 7) is 1.98. The van der Waals surface area contributed by atoms with E-state index in [2.05, 4.69) is 0 Å². The predicted molar refractivity (Wildman–Crippen MR) is 195 cm³/mol. The summed E-state index contributed by atoms with van der Waals surface area (Å²) in [5, 5.41) is 54.3. The summed E-state index contributed by atoms with van der Waals surface area (Å²) < 4.78 is 17.5. The average Bonchev–Trinajstić information content (AvgIpc) is 3.15. The maximum atomic E-state index is 14.9. The van der Waals surface area contributed by atoms with Crippen LogP contribution in [0.1, 0.15) is 97.2 Å². The average molecular weight is 737 g/mol. The molecule has 2 aliphatic carbocycles. The molecule has 1 heterocycles. The Morgan fingerprint density at radius 2 is 1.65 bits per heavy atom. The van der Waals surface area contributed by atoms with Gasteiger partial charge in [0.2, 0.25) is 6.29 Å². The van der Waals surface area contributed by atoms with Crippen LogP contribution in [-0.2, 0) is 29.0 Å². The predicted octanol–water partition coefficient (Wildman–Crippen LogP) is 2.79. The zero-order valence-electron chi connectivity index (χ0n) is 29.5. The van der Waals surface area contributed by atoms with Gasteiger partial charge in [0.15, 0.2) is 11.6 Å². The van der Waals surface area contributed by atoms with Crippen LogP contribution in [-0.4, -0.2) is 73.8 Å². The standard InChI is InChI=1S/C41H40N2O11/c1-18-34(46)38(50)39(51)41(52-18)54-28-16-27-32(35(47)26(28)13-20-6-5-9-24(12-20)40(42)43)37(49)31-25(17-44)15-29(53-19(2)45)30(33(31)36(27)48)23-11-10-21-7-3-4-8-22(21)14-23/h3-9,12,14-16,18,34,38-41,44,46-47,50-51H,10-11,13,17,42-43H2,1-2H3. The number of fused-ring (bicyclic) bond motifs is 3. The number of phenolic OH excluding ortho intramolecular Hbond substituents is 1. The Balaban J connectivity index is 1.45. The van der Waals surface area contributed by atoms with Crippen molar-refractivity contribution in [1.82, 2.24) is 0 Å². The van der Waals surface area contributed by atoms with Crippen LogP contribution in [0, 0.1) is 0 Å². The fraction of sp³-hybridized carbons (Fsp3) is 0.293. The molecule has 0 spiro atoms. The van der Waals surface area contributed by atoms with Gasteiger partial charge in [-0.15, -0.1) is 0 Å². The molecular weight excluding hydrogens is 696 g/mol. The maximum Gasteiger partial charge on any atom is 0.308 e. The van der Waals surface area contributed by atoms with E-state index >= 15 is 0 Å². The molecule has 13 nitrogen and oxygen atoms in total. The Kier molecular flexibility index (Phi) is 9.98. The minimum Gasteiger partial charge on any atom is -0.507 e. The SMILES string of the molecule is CC(=O)Oc1cc(CO)c2c(c1C1=Cc3ccccc3CC1)C(=O)c1cc(OC3OC(C)C(O)C(O)C3O)c(Cc3cccc(C(N)N)c3)c(O)c1C2=O. The van der Waals surface area contributed by atoms with E-state index in [1.54, 1.807) is 24.3 Å². The van der Waals surface area contributed by atoms with E-state index in [4.69, 9.17) is 25.7 Å². The van der Waals surface area contributed by atoms with Gasteiger partial charge in [-0.1, -0.05) is 54.6 Å². The lowest BCUT2D eigenvalue weighted by atomic mass is 9.75. The number of aliphatic hydroxyl groups excluding tert-OH is 4. The van der Waals surface area contributed by atoms with Crippen LogP contribution >= 0.6 is 0 Å². The minimum atomic E-state index is -1.75. The molecule has 280 valence electrons. The van der Waals surface area contributed by atoms with E-state index in [9.17, 15) is 39.9 Å². The van der Waals surface area contributed by atoms with Crippen LogP contribution in [0.5, 0.6) is 17.2 Å². The lowest BCUT2D eigenvalue weighted by Gasteiger charge is -2.39. The van der Waals surface area contributed by atoms with E-state index in [0.717, 1.165) is 11.1 Å². The van der Waals surface area contributed by atoms with Gasteiger partial charge in [-0.2, -0.15) is 0 Å². The second-order valence-electron chi connectivity index (χ2n) is 13.8. The third kappa shape index (κ3) is 6.49. The molecule has 5 unspecified atom stereocenters. The van der Waals surface area contributed by atoms with Crippen LogP contribution in [0.15, 0.2) is 60.7 Å². The molecule has 0 aromatic heterocycles. The molecule has 1 fully saturated rings. The molecule has 3 aliphatic rings. The van der Waals surface area contributed by atoms with Crippen LogP contribution in [0.25, 0.3) is 11.6 Å². The van der Waals surface area contributed by atoms with Gasteiger partial charge in [-0.25, -0.2) is 0 Å². The van der Waals surface area contributed by atoms with Crippen molar-refractivity contribution in [3.05, 3.63) is 122 Å². The van der Waals surface area contributed by atoms with Crippen molar-refractivity contribution in [3.63, 3.8) is 0 Å². The quantitative estimate of drug-likeness (QED) is 0.0691. The third-order valence-electron chi connectivity index (χ3n) is 10.2. The lowest BCUT2D eigenvalue weighted by molar-refractivity contribution is -0.268. The number of aryl methyl sites for hydroxylation is 1. The van der Waals surface area contributed by atoms with Gasteiger partial charge in [-0.05, 0) is 65.3 Å². The summed E-state index contributed by atoms with van der Waals surface area (Å²) in [4.78, 5) is 42.0. The summed E-state index contributed by atoms with van der Waals surface area (Å²) in [6.07, 6.45) is -5.38. The van der Waals surface area contributed by atoms with Crippen molar-refractivity contribution in [2.75, 3.05) is 0 Å². The number of allylic oxidation sites excluding steroid dienone is 1. The van der Waals surface area contributed by atoms with Gasteiger partial charge in [0.1, 0.15) is 35.6 Å². The molecule has 7 rings (SSSR count). The molecule has 0 bridgehead atoms. The zero-order valence-corrected chi connectivity index (χ0v) is 29.5. The minimum absolute atomic E-state index is 0.0111. The highest BCUT2D eigenvalue weighted by atomic mass is 16.7. The molecular formula is C41H40N2O11. The largest absolute Gasteiger partial charge is 0.507 e. The number of benzene rings is 4. The first-order chi connectivity index (χ1) is 25.8. The number of aliphatic hydroxyl groups is 4. The lowest BCUT2D eigenvalue weighted by Crippen LogP contribution is -2.58. The highest BCUT2D eigenvalue weighted by molar-refractivity contribution is 6.31. The molecule has 0 amide bonds. The Bertz CT molecular complexity index is 2230. The fourth-order valence-corrected chi connectivity index (χ4v) is 7.49. The zero-order chi connectivity index (χ0) is 38.6. The summed E-state index contributed by atoms with van der Waals surface area (Å²) in [7, 11) is 0. The first kappa shape index (κ1) is 37.1. The van der Waals surface area contributed by atoms with Gasteiger partial charge in [0, 0.05) is 41.2 Å². The topological polar surface area (TPSA) is 232 Å². The number of nitrogens with two attached hydrogens (primary N) is 2. The molecule has 0 saturated carbocycles. The van der Waals surface area contributed by atoms with E-state index in [0.29, 0.717) is 29.5 Å². The number of hydrogen-bond donors (Lipinski definition) is 7. The number of phenols is 1. The molecule has 4 aromatic carbocycles. The Morgan fingerprint density at radius 3 is 2.37 bits per heavy atom. The van der Waals surface area contributed by atoms with Gasteiger partial charge < -0.3 is 51.2 Å². The van der Waals surface area contributed by atoms with Crippen molar-refractivity contribution < 1.29 is 54.1 Å². The number of ketones is 2. The van der Waals surface area contributed by atoms with Crippen LogP contribution in [0.4, 0.5) is 0 Å². The normalized spacial score (nSPS) is 21.9. The monoisotopic (exact) mass is 736 g/mol. The van der Waals surface area contributed by atoms with Crippen molar-refractivity contribution in [3.8, 4) is 17.2 Å². The second kappa shape index (κ2) is 14.5. The van der Waals surface area contributed by atoms with Crippen molar-refractivity contribution in [2.45, 2.75) is 76.6 Å². The fourth-order valence-electron chi connectivity index (χ4n) is 7.49. The molecule has 54 heavy (non-hydrogen) atoms. The highest BCUT2D eigenvalue weighted by Crippen LogP contribution is 2.47. The number of carbonyl (C=O) groups is 3. The number of esters is 1. The van der Waals surface area contributed by atoms with Crippen LogP contribution < -0.4 is 20.9 Å². The van der Waals surface area contributed by atoms with Gasteiger partial charge in [0.25, 0.3) is 0 Å². The third-order valence-corrected chi connectivity index (χ3v) is 10.2. The second-order valence-corrected chi connectivity index (χ2v) is 13.8. The number of carbonyl (C=O) groups excluding carboxylic acids is 3. The molecule has 13 heteroatoms. The molecule has 1 saturated heterocycles. The van der Waals surface area contributed by atoms with Gasteiger partial charge in [-0.3, -0.25) is 14.4 Å². The first-order valence-corrected chi connectivity index (χ1v) is 17.5. The first-order valence-electron chi connectivity index (χ1n) is 17.5. The van der Waals surface area contributed by atoms with Crippen molar-refractivity contribution >= 4 is 29.2 Å². The van der Waals surface area contributed by atoms with Gasteiger partial charge in [0.05, 0.1) is 24.4 Å². The number of hydrogen-bond acceptors (Lipinski definition) is 13. The molecule has 0 radical (unpaired) electrons. The van der Waals surface area contributed by atoms with E-state index in [1.807, 2.05) is 30.3 Å². The summed E-state index contributed by atoms with van der Waals surface area (Å²) >= 11 is 0. The van der Waals surface area contributed by atoms with E-state index < -0.39 is 66.8 Å². The highest BCUT2D eigenvalue weighted by Gasteiger charge is 2.45. The maximum absolute atomic E-state index is 14.9. The smallest absolute Gasteiger partial charge is 0.308 e. The molecule has 1 aliphatic heterocycles. The Morgan fingerprint density at radius 1 is 0.889 bits per heavy atom. The number of ether oxygens (including phenoxy) is 3. The van der Waals surface area contributed by atoms with Crippen LogP contribution in [0.2, 0.25) is 0 Å². The Labute approximate surface area is 310 Å².